The number of carbonyl (C=O) groups is 3. The summed E-state index contributed by atoms with van der Waals surface area (Å²) in [6, 6.07) is 0. The Balaban J connectivity index is 3.53. The zero-order valence-electron chi connectivity index (χ0n) is 6.11. The first-order valence-electron chi connectivity index (χ1n) is 3.01. The molecule has 0 saturated heterocycles. The summed E-state index contributed by atoms with van der Waals surface area (Å²) < 4.78 is 7.99. The van der Waals surface area contributed by atoms with Crippen molar-refractivity contribution in [2.45, 2.75) is 12.8 Å². The summed E-state index contributed by atoms with van der Waals surface area (Å²) in [5.41, 5.74) is 0. The quantitative estimate of drug-likeness (QED) is 0.201. The fourth-order valence-corrected chi connectivity index (χ4v) is 0.445. The SMILES string of the molecule is N=C(CCC(=O)OC=O)OC=O. The zero-order chi connectivity index (χ0) is 9.40. The Morgan fingerprint density at radius 1 is 1.17 bits per heavy atom. The minimum atomic E-state index is -0.760. The lowest BCUT2D eigenvalue weighted by Crippen LogP contribution is -2.08. The summed E-state index contributed by atoms with van der Waals surface area (Å²) in [6.45, 7) is 0.0971. The molecular weight excluding hydrogens is 166 g/mol. The third kappa shape index (κ3) is 5.10. The van der Waals surface area contributed by atoms with E-state index in [4.69, 9.17) is 5.41 Å². The first-order chi connectivity index (χ1) is 5.70. The van der Waals surface area contributed by atoms with Crippen molar-refractivity contribution in [1.82, 2.24) is 0 Å². The van der Waals surface area contributed by atoms with Crippen LogP contribution in [0.2, 0.25) is 0 Å². The molecule has 0 rings (SSSR count). The lowest BCUT2D eigenvalue weighted by atomic mass is 10.3. The molecule has 0 amide bonds. The van der Waals surface area contributed by atoms with E-state index in [2.05, 4.69) is 9.47 Å². The maximum Gasteiger partial charge on any atom is 0.313 e. The standard InChI is InChI=1S/C6H7NO5/c7-5(11-3-8)1-2-6(10)12-4-9/h3-4,7H,1-2H2. The van der Waals surface area contributed by atoms with Gasteiger partial charge in [0, 0.05) is 6.42 Å². The molecular formula is C6H7NO5. The molecule has 0 fully saturated rings. The Bertz CT molecular complexity index is 178. The number of carbonyl (C=O) groups excluding carboxylic acids is 3. The van der Waals surface area contributed by atoms with Gasteiger partial charge >= 0.3 is 12.4 Å². The number of rotatable bonds is 5. The van der Waals surface area contributed by atoms with E-state index in [1.807, 2.05) is 0 Å². The molecule has 0 aliphatic carbocycles. The second-order valence-electron chi connectivity index (χ2n) is 1.72. The van der Waals surface area contributed by atoms with Gasteiger partial charge in [0.1, 0.15) is 0 Å². The Hall–Kier alpha value is -1.72. The van der Waals surface area contributed by atoms with Crippen molar-refractivity contribution < 1.29 is 23.9 Å². The van der Waals surface area contributed by atoms with Gasteiger partial charge in [-0.15, -0.1) is 0 Å². The van der Waals surface area contributed by atoms with Crippen LogP contribution < -0.4 is 0 Å². The molecule has 66 valence electrons. The highest BCUT2D eigenvalue weighted by Gasteiger charge is 2.05. The minimum Gasteiger partial charge on any atom is -0.414 e. The summed E-state index contributed by atoms with van der Waals surface area (Å²) in [6.07, 6.45) is -0.225. The van der Waals surface area contributed by atoms with Gasteiger partial charge in [0.15, 0.2) is 5.90 Å². The highest BCUT2D eigenvalue weighted by molar-refractivity contribution is 5.84. The largest absolute Gasteiger partial charge is 0.414 e. The van der Waals surface area contributed by atoms with Crippen molar-refractivity contribution in [2.75, 3.05) is 0 Å². The highest BCUT2D eigenvalue weighted by atomic mass is 16.6. The molecule has 6 nitrogen and oxygen atoms in total. The topological polar surface area (TPSA) is 93.5 Å². The third-order valence-electron chi connectivity index (χ3n) is 0.926. The number of nitrogens with one attached hydrogen (secondary N) is 1. The Morgan fingerprint density at radius 3 is 2.25 bits per heavy atom. The van der Waals surface area contributed by atoms with E-state index in [0.717, 1.165) is 0 Å². The van der Waals surface area contributed by atoms with E-state index in [0.29, 0.717) is 0 Å². The molecule has 0 aromatic carbocycles. The normalized spacial score (nSPS) is 8.33. The monoisotopic (exact) mass is 173 g/mol. The average Bonchev–Trinajstić information content (AvgIpc) is 2.02. The molecule has 0 aromatic heterocycles. The zero-order valence-corrected chi connectivity index (χ0v) is 6.11. The molecule has 0 unspecified atom stereocenters. The summed E-state index contributed by atoms with van der Waals surface area (Å²) in [4.78, 5) is 29.7. The van der Waals surface area contributed by atoms with Gasteiger partial charge in [-0.25, -0.2) is 0 Å². The second kappa shape index (κ2) is 6.02. The molecule has 0 heterocycles. The van der Waals surface area contributed by atoms with Gasteiger partial charge in [-0.05, 0) is 0 Å². The molecule has 0 radical (unpaired) electrons. The lowest BCUT2D eigenvalue weighted by Gasteiger charge is -1.97. The van der Waals surface area contributed by atoms with E-state index >= 15 is 0 Å². The number of ether oxygens (including phenoxy) is 2. The lowest BCUT2D eigenvalue weighted by molar-refractivity contribution is -0.151. The molecule has 0 aliphatic rings. The van der Waals surface area contributed by atoms with Gasteiger partial charge in [-0.2, -0.15) is 0 Å². The minimum absolute atomic E-state index is 0.00648. The van der Waals surface area contributed by atoms with Crippen molar-refractivity contribution >= 4 is 24.8 Å². The first-order valence-corrected chi connectivity index (χ1v) is 3.01. The number of hydrogen-bond acceptors (Lipinski definition) is 6. The van der Waals surface area contributed by atoms with Crippen LogP contribution in [0.15, 0.2) is 0 Å². The fourth-order valence-electron chi connectivity index (χ4n) is 0.445. The maximum absolute atomic E-state index is 10.5. The summed E-state index contributed by atoms with van der Waals surface area (Å²) in [5, 5.41) is 6.86. The van der Waals surface area contributed by atoms with Crippen LogP contribution in [0.4, 0.5) is 0 Å². The van der Waals surface area contributed by atoms with E-state index in [-0.39, 0.29) is 31.7 Å². The van der Waals surface area contributed by atoms with E-state index in [1.54, 1.807) is 0 Å². The van der Waals surface area contributed by atoms with E-state index in [1.165, 1.54) is 0 Å². The molecule has 0 atom stereocenters. The van der Waals surface area contributed by atoms with Crippen molar-refractivity contribution in [3.8, 4) is 0 Å². The smallest absolute Gasteiger partial charge is 0.313 e. The predicted molar refractivity (Wildman–Crippen MR) is 36.3 cm³/mol. The van der Waals surface area contributed by atoms with Crippen LogP contribution >= 0.6 is 0 Å². The Kier molecular flexibility index (Phi) is 5.16. The molecule has 6 heteroatoms. The average molecular weight is 173 g/mol. The summed E-state index contributed by atoms with van der Waals surface area (Å²) >= 11 is 0. The van der Waals surface area contributed by atoms with Crippen LogP contribution in [0.3, 0.4) is 0 Å². The van der Waals surface area contributed by atoms with E-state index in [9.17, 15) is 14.4 Å². The second-order valence-corrected chi connectivity index (χ2v) is 1.72. The summed E-state index contributed by atoms with van der Waals surface area (Å²) in [5.74, 6) is -1.10. The predicted octanol–water partition coefficient (Wildman–Crippen LogP) is -0.384. The Morgan fingerprint density at radius 2 is 1.75 bits per heavy atom. The van der Waals surface area contributed by atoms with Gasteiger partial charge in [-0.3, -0.25) is 19.8 Å². The van der Waals surface area contributed by atoms with Crippen LogP contribution in [0.5, 0.6) is 0 Å². The Labute approximate surface area is 68.0 Å². The summed E-state index contributed by atoms with van der Waals surface area (Å²) in [7, 11) is 0. The molecule has 1 N–H and O–H groups in total. The van der Waals surface area contributed by atoms with Crippen LogP contribution in [0.1, 0.15) is 12.8 Å². The number of hydrogen-bond donors (Lipinski definition) is 1. The molecule has 12 heavy (non-hydrogen) atoms. The van der Waals surface area contributed by atoms with Crippen LogP contribution in [0.25, 0.3) is 0 Å². The number of esters is 1. The van der Waals surface area contributed by atoms with Crippen LogP contribution in [0, 0.1) is 5.41 Å². The van der Waals surface area contributed by atoms with Crippen molar-refractivity contribution in [3.63, 3.8) is 0 Å². The maximum atomic E-state index is 10.5. The van der Waals surface area contributed by atoms with Crippen molar-refractivity contribution in [3.05, 3.63) is 0 Å². The van der Waals surface area contributed by atoms with Gasteiger partial charge in [-0.1, -0.05) is 0 Å². The van der Waals surface area contributed by atoms with Gasteiger partial charge in [0.05, 0.1) is 6.42 Å². The molecule has 0 aromatic rings. The molecule has 0 bridgehead atoms. The van der Waals surface area contributed by atoms with Gasteiger partial charge < -0.3 is 9.47 Å². The van der Waals surface area contributed by atoms with Crippen molar-refractivity contribution in [2.24, 2.45) is 0 Å². The van der Waals surface area contributed by atoms with Crippen LogP contribution in [-0.2, 0) is 23.9 Å². The van der Waals surface area contributed by atoms with E-state index < -0.39 is 5.97 Å². The molecule has 0 spiro atoms. The first kappa shape index (κ1) is 10.3. The highest BCUT2D eigenvalue weighted by Crippen LogP contribution is 1.93. The van der Waals surface area contributed by atoms with Gasteiger partial charge in [0.25, 0.3) is 6.47 Å². The third-order valence-corrected chi connectivity index (χ3v) is 0.926. The molecule has 0 aliphatic heterocycles. The van der Waals surface area contributed by atoms with Crippen molar-refractivity contribution in [1.29, 1.82) is 5.41 Å². The van der Waals surface area contributed by atoms with Crippen LogP contribution in [-0.4, -0.2) is 24.8 Å². The molecule has 0 saturated carbocycles. The van der Waals surface area contributed by atoms with Gasteiger partial charge in [0.2, 0.25) is 0 Å². The fraction of sp³-hybridized carbons (Fsp3) is 0.333.